The van der Waals surface area contributed by atoms with E-state index in [-0.39, 0.29) is 11.9 Å². The molecule has 0 unspecified atom stereocenters. The van der Waals surface area contributed by atoms with Crippen molar-refractivity contribution in [3.05, 3.63) is 50.8 Å². The molecule has 4 aromatic rings. The van der Waals surface area contributed by atoms with Gasteiger partial charge in [-0.1, -0.05) is 0 Å². The maximum Gasteiger partial charge on any atom is 0.306 e. The van der Waals surface area contributed by atoms with Gasteiger partial charge in [-0.05, 0) is 73.0 Å². The van der Waals surface area contributed by atoms with Crippen LogP contribution >= 0.6 is 38.6 Å². The summed E-state index contributed by atoms with van der Waals surface area (Å²) >= 11 is 6.65. The maximum absolute atomic E-state index is 11.8. The van der Waals surface area contributed by atoms with Crippen molar-refractivity contribution in [1.82, 2.24) is 15.0 Å². The molecule has 0 amide bonds. The third-order valence-corrected chi connectivity index (χ3v) is 7.78. The largest absolute Gasteiger partial charge is 0.466 e. The quantitative estimate of drug-likeness (QED) is 0.207. The summed E-state index contributed by atoms with van der Waals surface area (Å²) in [6, 6.07) is 9.97. The first kappa shape index (κ1) is 25.4. The molecule has 0 N–H and O–H groups in total. The van der Waals surface area contributed by atoms with Crippen molar-refractivity contribution in [3.8, 4) is 21.1 Å². The molecule has 0 radical (unpaired) electrons. The Balaban J connectivity index is 1.66. The third kappa shape index (κ3) is 6.50. The molecule has 0 aliphatic rings. The van der Waals surface area contributed by atoms with Crippen molar-refractivity contribution in [2.24, 2.45) is 0 Å². The van der Waals surface area contributed by atoms with Crippen molar-refractivity contribution in [2.45, 2.75) is 39.5 Å². The Kier molecular flexibility index (Phi) is 8.59. The molecule has 10 heteroatoms. The van der Waals surface area contributed by atoms with Crippen LogP contribution in [0.5, 0.6) is 0 Å². The predicted octanol–water partition coefficient (Wildman–Crippen LogP) is 6.24. The van der Waals surface area contributed by atoms with Gasteiger partial charge in [0.1, 0.15) is 16.9 Å². The fraction of sp³-hybridized carbons (Fsp3) is 0.320. The van der Waals surface area contributed by atoms with Gasteiger partial charge in [0.2, 0.25) is 0 Å². The zero-order chi connectivity index (χ0) is 24.8. The van der Waals surface area contributed by atoms with E-state index < -0.39 is 0 Å². The second-order valence-electron chi connectivity index (χ2n) is 7.56. The number of hydrogen-bond acceptors (Lipinski definition) is 9. The van der Waals surface area contributed by atoms with Gasteiger partial charge < -0.3 is 9.47 Å². The molecule has 0 atom stereocenters. The molecular formula is C25H24BrN3O4S2. The topological polar surface area (TPSA) is 91.3 Å². The minimum atomic E-state index is -0.197. The average molecular weight is 575 g/mol. The van der Waals surface area contributed by atoms with E-state index in [1.807, 2.05) is 30.3 Å². The summed E-state index contributed by atoms with van der Waals surface area (Å²) in [4.78, 5) is 41.8. The maximum atomic E-state index is 11.8. The number of ether oxygens (including phenoxy) is 2. The lowest BCUT2D eigenvalue weighted by Gasteiger charge is -2.07. The number of nitrogens with zero attached hydrogens (tertiary/aromatic N) is 3. The van der Waals surface area contributed by atoms with Crippen molar-refractivity contribution in [2.75, 3.05) is 13.2 Å². The average Bonchev–Trinajstić information content (AvgIpc) is 3.51. The van der Waals surface area contributed by atoms with Crippen LogP contribution in [0.1, 0.15) is 36.4 Å². The van der Waals surface area contributed by atoms with E-state index in [0.717, 1.165) is 35.4 Å². The number of esters is 2. The SMILES string of the molecule is CCOC(=O)CCc1ccc(-c2nc3cc(Br)cnc3nc2-c2ccc(CCC(=O)OCC)s2)s1. The number of aromatic nitrogens is 3. The van der Waals surface area contributed by atoms with E-state index in [1.54, 1.807) is 42.7 Å². The van der Waals surface area contributed by atoms with Crippen LogP contribution in [0, 0.1) is 0 Å². The fourth-order valence-electron chi connectivity index (χ4n) is 3.46. The van der Waals surface area contributed by atoms with Crippen LogP contribution in [0.3, 0.4) is 0 Å². The van der Waals surface area contributed by atoms with Gasteiger partial charge in [-0.25, -0.2) is 15.0 Å². The van der Waals surface area contributed by atoms with Crippen LogP contribution in [0.15, 0.2) is 41.0 Å². The molecule has 0 aromatic carbocycles. The van der Waals surface area contributed by atoms with Crippen LogP contribution in [0.2, 0.25) is 0 Å². The number of rotatable bonds is 10. The molecule has 0 aliphatic carbocycles. The number of carbonyl (C=O) groups excluding carboxylic acids is 2. The number of pyridine rings is 1. The molecule has 0 fully saturated rings. The minimum absolute atomic E-state index is 0.196. The second kappa shape index (κ2) is 11.8. The Morgan fingerprint density at radius 1 is 0.857 bits per heavy atom. The Bertz CT molecular complexity index is 1350. The molecule has 4 heterocycles. The van der Waals surface area contributed by atoms with E-state index in [0.29, 0.717) is 50.1 Å². The molecule has 0 saturated heterocycles. The summed E-state index contributed by atoms with van der Waals surface area (Å²) in [5.74, 6) is -0.393. The predicted molar refractivity (Wildman–Crippen MR) is 142 cm³/mol. The highest BCUT2D eigenvalue weighted by atomic mass is 79.9. The zero-order valence-corrected chi connectivity index (χ0v) is 22.6. The first-order chi connectivity index (χ1) is 17.0. The van der Waals surface area contributed by atoms with Crippen LogP contribution in [-0.2, 0) is 31.9 Å². The number of halogens is 1. The normalized spacial score (nSPS) is 11.1. The zero-order valence-electron chi connectivity index (χ0n) is 19.4. The lowest BCUT2D eigenvalue weighted by atomic mass is 10.2. The molecule has 0 aliphatic heterocycles. The molecule has 0 spiro atoms. The Morgan fingerprint density at radius 2 is 1.40 bits per heavy atom. The first-order valence-corrected chi connectivity index (χ1v) is 13.7. The van der Waals surface area contributed by atoms with E-state index in [4.69, 9.17) is 19.4 Å². The lowest BCUT2D eigenvalue weighted by Crippen LogP contribution is -2.04. The molecule has 35 heavy (non-hydrogen) atoms. The van der Waals surface area contributed by atoms with Crippen LogP contribution in [-0.4, -0.2) is 40.1 Å². The molecule has 4 aromatic heterocycles. The van der Waals surface area contributed by atoms with Gasteiger partial charge in [0.25, 0.3) is 0 Å². The highest BCUT2D eigenvalue weighted by molar-refractivity contribution is 9.10. The van der Waals surface area contributed by atoms with E-state index in [2.05, 4.69) is 20.9 Å². The third-order valence-electron chi connectivity index (χ3n) is 5.04. The van der Waals surface area contributed by atoms with Gasteiger partial charge in [-0.3, -0.25) is 9.59 Å². The molecular weight excluding hydrogens is 550 g/mol. The van der Waals surface area contributed by atoms with Crippen LogP contribution in [0.4, 0.5) is 0 Å². The van der Waals surface area contributed by atoms with Crippen molar-refractivity contribution in [3.63, 3.8) is 0 Å². The molecule has 4 rings (SSSR count). The van der Waals surface area contributed by atoms with Gasteiger partial charge in [0.05, 0.1) is 35.8 Å². The summed E-state index contributed by atoms with van der Waals surface area (Å²) in [6.45, 7) is 4.38. The van der Waals surface area contributed by atoms with E-state index in [9.17, 15) is 9.59 Å². The summed E-state index contributed by atoms with van der Waals surface area (Å²) in [5, 5.41) is 0. The van der Waals surface area contributed by atoms with Gasteiger partial charge in [0, 0.05) is 20.4 Å². The summed E-state index contributed by atoms with van der Waals surface area (Å²) in [6.07, 6.45) is 3.62. The van der Waals surface area contributed by atoms with Gasteiger partial charge >= 0.3 is 11.9 Å². The van der Waals surface area contributed by atoms with Gasteiger partial charge in [0.15, 0.2) is 5.65 Å². The molecule has 182 valence electrons. The molecule has 0 saturated carbocycles. The number of thiophene rings is 2. The number of hydrogen-bond donors (Lipinski definition) is 0. The van der Waals surface area contributed by atoms with Crippen LogP contribution in [0.25, 0.3) is 32.3 Å². The Hall–Kier alpha value is -2.69. The number of carbonyl (C=O) groups is 2. The standard InChI is InChI=1S/C25H24BrN3O4S2/c1-3-32-21(30)11-7-16-5-9-19(34-16)23-24(29-25-18(28-23)13-15(26)14-27-25)20-10-6-17(35-20)8-12-22(31)33-4-2/h5-6,9-10,13-14H,3-4,7-8,11-12H2,1-2H3. The second-order valence-corrected chi connectivity index (χ2v) is 10.8. The monoisotopic (exact) mass is 573 g/mol. The summed E-state index contributed by atoms with van der Waals surface area (Å²) in [5.41, 5.74) is 2.77. The summed E-state index contributed by atoms with van der Waals surface area (Å²) in [7, 11) is 0. The highest BCUT2D eigenvalue weighted by Gasteiger charge is 2.18. The van der Waals surface area contributed by atoms with E-state index in [1.165, 1.54) is 0 Å². The van der Waals surface area contributed by atoms with Crippen molar-refractivity contribution in [1.29, 1.82) is 0 Å². The summed E-state index contributed by atoms with van der Waals surface area (Å²) < 4.78 is 10.9. The Labute approximate surface area is 219 Å². The molecule has 0 bridgehead atoms. The van der Waals surface area contributed by atoms with Crippen molar-refractivity contribution >= 4 is 61.7 Å². The van der Waals surface area contributed by atoms with Crippen LogP contribution < -0.4 is 0 Å². The smallest absolute Gasteiger partial charge is 0.306 e. The van der Waals surface area contributed by atoms with Gasteiger partial charge in [-0.2, -0.15) is 0 Å². The Morgan fingerprint density at radius 3 is 1.94 bits per heavy atom. The lowest BCUT2D eigenvalue weighted by molar-refractivity contribution is -0.144. The number of fused-ring (bicyclic) bond motifs is 1. The fourth-order valence-corrected chi connectivity index (χ4v) is 5.78. The molecule has 7 nitrogen and oxygen atoms in total. The first-order valence-electron chi connectivity index (χ1n) is 11.3. The van der Waals surface area contributed by atoms with E-state index >= 15 is 0 Å². The number of aryl methyl sites for hydroxylation is 2. The highest BCUT2D eigenvalue weighted by Crippen LogP contribution is 2.38. The van der Waals surface area contributed by atoms with Crippen molar-refractivity contribution < 1.29 is 19.1 Å². The van der Waals surface area contributed by atoms with Gasteiger partial charge in [-0.15, -0.1) is 22.7 Å². The minimum Gasteiger partial charge on any atom is -0.466 e.